The molecular weight excluding hydrogens is 236 g/mol. The normalized spacial score (nSPS) is 10.6. The van der Waals surface area contributed by atoms with Crippen molar-refractivity contribution in [3.05, 3.63) is 60.3 Å². The largest absolute Gasteiger partial charge is 0.379 e. The Kier molecular flexibility index (Phi) is 3.06. The van der Waals surface area contributed by atoms with Crippen LogP contribution in [0.25, 0.3) is 10.9 Å². The van der Waals surface area contributed by atoms with E-state index in [2.05, 4.69) is 32.4 Å². The van der Waals surface area contributed by atoms with Crippen molar-refractivity contribution in [3.63, 3.8) is 0 Å². The van der Waals surface area contributed by atoms with Gasteiger partial charge in [-0.05, 0) is 37.3 Å². The van der Waals surface area contributed by atoms with E-state index in [1.54, 1.807) is 12.4 Å². The van der Waals surface area contributed by atoms with E-state index in [0.717, 1.165) is 28.1 Å². The molecule has 0 saturated heterocycles. The molecule has 0 atom stereocenters. The number of nitrogens with one attached hydrogen (secondary N) is 1. The lowest BCUT2D eigenvalue weighted by atomic mass is 10.2. The van der Waals surface area contributed by atoms with E-state index in [9.17, 15) is 0 Å². The van der Waals surface area contributed by atoms with E-state index >= 15 is 0 Å². The predicted octanol–water partition coefficient (Wildman–Crippen LogP) is 2.95. The molecule has 3 aromatic rings. The van der Waals surface area contributed by atoms with Crippen LogP contribution in [0.3, 0.4) is 0 Å². The van der Waals surface area contributed by atoms with Crippen LogP contribution in [0, 0.1) is 6.92 Å². The highest BCUT2D eigenvalue weighted by Gasteiger charge is 2.01. The second kappa shape index (κ2) is 5.02. The number of hydrogen-bond donors (Lipinski definition) is 1. The molecule has 0 fully saturated rings. The van der Waals surface area contributed by atoms with Gasteiger partial charge < -0.3 is 5.32 Å². The number of aryl methyl sites for hydroxylation is 1. The summed E-state index contributed by atoms with van der Waals surface area (Å²) < 4.78 is 0. The minimum atomic E-state index is 0.678. The van der Waals surface area contributed by atoms with Gasteiger partial charge in [-0.1, -0.05) is 6.07 Å². The minimum Gasteiger partial charge on any atom is -0.379 e. The van der Waals surface area contributed by atoms with E-state index in [1.807, 2.05) is 31.2 Å². The SMILES string of the molecule is Cc1nccc(CNc2cccc3ncccc23)n1. The molecule has 4 heteroatoms. The zero-order valence-corrected chi connectivity index (χ0v) is 10.7. The van der Waals surface area contributed by atoms with Crippen LogP contribution < -0.4 is 5.32 Å². The first kappa shape index (κ1) is 11.6. The molecule has 3 rings (SSSR count). The van der Waals surface area contributed by atoms with Crippen LogP contribution in [0.5, 0.6) is 0 Å². The lowest BCUT2D eigenvalue weighted by Gasteiger charge is -2.09. The molecule has 1 aromatic carbocycles. The van der Waals surface area contributed by atoms with Crippen molar-refractivity contribution in [2.24, 2.45) is 0 Å². The van der Waals surface area contributed by atoms with Gasteiger partial charge in [0.1, 0.15) is 5.82 Å². The highest BCUT2D eigenvalue weighted by molar-refractivity contribution is 5.91. The third kappa shape index (κ3) is 2.52. The molecule has 0 bridgehead atoms. The van der Waals surface area contributed by atoms with Crippen LogP contribution >= 0.6 is 0 Å². The summed E-state index contributed by atoms with van der Waals surface area (Å²) in [5, 5.41) is 4.52. The van der Waals surface area contributed by atoms with Crippen molar-refractivity contribution in [2.45, 2.75) is 13.5 Å². The number of rotatable bonds is 3. The molecule has 4 nitrogen and oxygen atoms in total. The monoisotopic (exact) mass is 250 g/mol. The molecule has 0 spiro atoms. The third-order valence-electron chi connectivity index (χ3n) is 2.94. The highest BCUT2D eigenvalue weighted by atomic mass is 14.9. The van der Waals surface area contributed by atoms with Gasteiger partial charge in [0.15, 0.2) is 0 Å². The summed E-state index contributed by atoms with van der Waals surface area (Å²) in [6, 6.07) is 12.0. The Balaban J connectivity index is 1.86. The van der Waals surface area contributed by atoms with Crippen molar-refractivity contribution >= 4 is 16.6 Å². The first-order chi connectivity index (χ1) is 9.33. The molecule has 19 heavy (non-hydrogen) atoms. The summed E-state index contributed by atoms with van der Waals surface area (Å²) >= 11 is 0. The number of benzene rings is 1. The average Bonchev–Trinajstić information content (AvgIpc) is 2.45. The minimum absolute atomic E-state index is 0.678. The lowest BCUT2D eigenvalue weighted by Crippen LogP contribution is -2.03. The molecule has 0 saturated carbocycles. The number of hydrogen-bond acceptors (Lipinski definition) is 4. The Labute approximate surface area is 111 Å². The second-order valence-corrected chi connectivity index (χ2v) is 4.32. The Morgan fingerprint density at radius 1 is 1.00 bits per heavy atom. The van der Waals surface area contributed by atoms with E-state index in [-0.39, 0.29) is 0 Å². The fraction of sp³-hybridized carbons (Fsp3) is 0.133. The predicted molar refractivity (Wildman–Crippen MR) is 75.8 cm³/mol. The molecule has 0 amide bonds. The summed E-state index contributed by atoms with van der Waals surface area (Å²) in [6.45, 7) is 2.57. The molecule has 2 heterocycles. The van der Waals surface area contributed by atoms with Crippen molar-refractivity contribution in [1.82, 2.24) is 15.0 Å². The van der Waals surface area contributed by atoms with Crippen LogP contribution in [-0.2, 0) is 6.54 Å². The fourth-order valence-corrected chi connectivity index (χ4v) is 2.05. The first-order valence-corrected chi connectivity index (χ1v) is 6.19. The van der Waals surface area contributed by atoms with Gasteiger partial charge in [0.05, 0.1) is 17.8 Å². The van der Waals surface area contributed by atoms with Gasteiger partial charge in [0.25, 0.3) is 0 Å². The van der Waals surface area contributed by atoms with Gasteiger partial charge in [-0.2, -0.15) is 0 Å². The Hall–Kier alpha value is -2.49. The van der Waals surface area contributed by atoms with Crippen LogP contribution in [-0.4, -0.2) is 15.0 Å². The van der Waals surface area contributed by atoms with E-state index < -0.39 is 0 Å². The number of anilines is 1. The molecule has 94 valence electrons. The van der Waals surface area contributed by atoms with Crippen molar-refractivity contribution in [3.8, 4) is 0 Å². The third-order valence-corrected chi connectivity index (χ3v) is 2.94. The molecule has 1 N–H and O–H groups in total. The quantitative estimate of drug-likeness (QED) is 0.776. The summed E-state index contributed by atoms with van der Waals surface area (Å²) in [4.78, 5) is 12.8. The topological polar surface area (TPSA) is 50.7 Å². The maximum Gasteiger partial charge on any atom is 0.125 e. The summed E-state index contributed by atoms with van der Waals surface area (Å²) in [7, 11) is 0. The maximum atomic E-state index is 4.38. The molecule has 2 aromatic heterocycles. The fourth-order valence-electron chi connectivity index (χ4n) is 2.05. The van der Waals surface area contributed by atoms with Crippen molar-refractivity contribution < 1.29 is 0 Å². The number of fused-ring (bicyclic) bond motifs is 1. The van der Waals surface area contributed by atoms with Gasteiger partial charge >= 0.3 is 0 Å². The van der Waals surface area contributed by atoms with Crippen LogP contribution in [0.15, 0.2) is 48.8 Å². The summed E-state index contributed by atoms with van der Waals surface area (Å²) in [5.74, 6) is 0.791. The number of pyridine rings is 1. The van der Waals surface area contributed by atoms with Gasteiger partial charge in [-0.25, -0.2) is 9.97 Å². The van der Waals surface area contributed by atoms with E-state index in [1.165, 1.54) is 0 Å². The Bertz CT molecular complexity index is 704. The second-order valence-electron chi connectivity index (χ2n) is 4.32. The van der Waals surface area contributed by atoms with Gasteiger partial charge in [-0.3, -0.25) is 4.98 Å². The Morgan fingerprint density at radius 2 is 1.95 bits per heavy atom. The van der Waals surface area contributed by atoms with Crippen LogP contribution in [0.4, 0.5) is 5.69 Å². The zero-order chi connectivity index (χ0) is 13.1. The van der Waals surface area contributed by atoms with Crippen molar-refractivity contribution in [2.75, 3.05) is 5.32 Å². The molecule has 0 aliphatic heterocycles. The highest BCUT2D eigenvalue weighted by Crippen LogP contribution is 2.21. The molecule has 0 unspecified atom stereocenters. The summed E-state index contributed by atoms with van der Waals surface area (Å²) in [5.41, 5.74) is 3.04. The molecular formula is C15H14N4. The number of aromatic nitrogens is 3. The smallest absolute Gasteiger partial charge is 0.125 e. The molecule has 0 aliphatic rings. The Morgan fingerprint density at radius 3 is 2.84 bits per heavy atom. The van der Waals surface area contributed by atoms with Crippen LogP contribution in [0.2, 0.25) is 0 Å². The van der Waals surface area contributed by atoms with Gasteiger partial charge in [0, 0.05) is 23.5 Å². The average molecular weight is 250 g/mol. The lowest BCUT2D eigenvalue weighted by molar-refractivity contribution is 0.956. The molecule has 0 radical (unpaired) electrons. The number of nitrogens with zero attached hydrogens (tertiary/aromatic N) is 3. The van der Waals surface area contributed by atoms with Gasteiger partial charge in [0.2, 0.25) is 0 Å². The molecule has 0 aliphatic carbocycles. The maximum absolute atomic E-state index is 4.38. The summed E-state index contributed by atoms with van der Waals surface area (Å²) in [6.07, 6.45) is 3.59. The standard InChI is InChI=1S/C15H14N4/c1-11-16-9-7-12(19-11)10-18-15-6-2-5-14-13(15)4-3-8-17-14/h2-9,18H,10H2,1H3. The van der Waals surface area contributed by atoms with Gasteiger partial charge in [-0.15, -0.1) is 0 Å². The first-order valence-electron chi connectivity index (χ1n) is 6.19. The van der Waals surface area contributed by atoms with Crippen LogP contribution in [0.1, 0.15) is 11.5 Å². The van der Waals surface area contributed by atoms with E-state index in [4.69, 9.17) is 0 Å². The van der Waals surface area contributed by atoms with Crippen molar-refractivity contribution in [1.29, 1.82) is 0 Å². The van der Waals surface area contributed by atoms with E-state index in [0.29, 0.717) is 6.54 Å². The zero-order valence-electron chi connectivity index (χ0n) is 10.7.